The lowest BCUT2D eigenvalue weighted by molar-refractivity contribution is -0.117. The number of carbonyl (C=O) groups is 1. The third kappa shape index (κ3) is 4.30. The molecule has 1 rings (SSSR count). The lowest BCUT2D eigenvalue weighted by Crippen LogP contribution is -2.16. The normalized spacial score (nSPS) is 9.67. The van der Waals surface area contributed by atoms with Crippen molar-refractivity contribution in [1.29, 1.82) is 0 Å². The molecule has 0 bridgehead atoms. The van der Waals surface area contributed by atoms with Gasteiger partial charge in [0.25, 0.3) is 0 Å². The van der Waals surface area contributed by atoms with Crippen LogP contribution in [0, 0.1) is 0 Å². The summed E-state index contributed by atoms with van der Waals surface area (Å²) in [4.78, 5) is 14.7. The number of nitrogens with zero attached hydrogens (tertiary/aromatic N) is 1. The first-order valence-electron chi connectivity index (χ1n) is 4.84. The molecule has 0 spiro atoms. The van der Waals surface area contributed by atoms with Gasteiger partial charge in [0.05, 0.1) is 6.61 Å². The maximum Gasteiger partial charge on any atom is 0.219 e. The molecule has 1 amide bonds. The van der Waals surface area contributed by atoms with Crippen LogP contribution < -0.4 is 15.8 Å². The van der Waals surface area contributed by atoms with E-state index < -0.39 is 0 Å². The van der Waals surface area contributed by atoms with E-state index in [1.54, 1.807) is 6.07 Å². The molecule has 5 nitrogen and oxygen atoms in total. The quantitative estimate of drug-likeness (QED) is 0.725. The first-order chi connectivity index (χ1) is 7.22. The number of anilines is 1. The summed E-state index contributed by atoms with van der Waals surface area (Å²) in [5.74, 6) is 0.923. The first kappa shape index (κ1) is 11.3. The minimum absolute atomic E-state index is 0.292. The van der Waals surface area contributed by atoms with Crippen molar-refractivity contribution in [3.8, 4) is 5.88 Å². The number of hydrogen-bond acceptors (Lipinski definition) is 4. The van der Waals surface area contributed by atoms with Crippen molar-refractivity contribution in [3.63, 3.8) is 0 Å². The number of ether oxygens (including phenoxy) is 1. The summed E-state index contributed by atoms with van der Waals surface area (Å²) in [6.45, 7) is 2.96. The summed E-state index contributed by atoms with van der Waals surface area (Å²) < 4.78 is 5.23. The van der Waals surface area contributed by atoms with Gasteiger partial charge in [-0.2, -0.15) is 4.98 Å². The van der Waals surface area contributed by atoms with Gasteiger partial charge in [-0.3, -0.25) is 4.79 Å². The highest BCUT2D eigenvalue weighted by Crippen LogP contribution is 2.10. The van der Waals surface area contributed by atoms with Crippen LogP contribution in [0.1, 0.15) is 13.3 Å². The molecule has 0 radical (unpaired) electrons. The molecule has 82 valence electrons. The SMILES string of the molecule is CCOc1cccc(NCCC(N)=O)n1. The van der Waals surface area contributed by atoms with E-state index in [2.05, 4.69) is 10.3 Å². The van der Waals surface area contributed by atoms with E-state index in [4.69, 9.17) is 10.5 Å². The van der Waals surface area contributed by atoms with Gasteiger partial charge in [0, 0.05) is 19.0 Å². The standard InChI is InChI=1S/C10H15N3O2/c1-2-15-10-5-3-4-9(13-10)12-7-6-8(11)14/h3-5H,2,6-7H2,1H3,(H2,11,14)(H,12,13). The molecule has 0 aliphatic rings. The molecule has 0 aliphatic heterocycles. The van der Waals surface area contributed by atoms with Crippen molar-refractivity contribution < 1.29 is 9.53 Å². The maximum absolute atomic E-state index is 10.5. The van der Waals surface area contributed by atoms with Gasteiger partial charge >= 0.3 is 0 Å². The van der Waals surface area contributed by atoms with Crippen LogP contribution in [-0.4, -0.2) is 24.0 Å². The van der Waals surface area contributed by atoms with Crippen molar-refractivity contribution in [1.82, 2.24) is 4.98 Å². The molecular weight excluding hydrogens is 194 g/mol. The molecule has 15 heavy (non-hydrogen) atoms. The molecule has 0 aliphatic carbocycles. The number of rotatable bonds is 6. The fraction of sp³-hybridized carbons (Fsp3) is 0.400. The van der Waals surface area contributed by atoms with E-state index in [1.165, 1.54) is 0 Å². The predicted molar refractivity (Wildman–Crippen MR) is 57.7 cm³/mol. The summed E-state index contributed by atoms with van der Waals surface area (Å²) in [6, 6.07) is 5.43. The molecular formula is C10H15N3O2. The fourth-order valence-corrected chi connectivity index (χ4v) is 1.06. The van der Waals surface area contributed by atoms with E-state index in [0.717, 1.165) is 0 Å². The molecule has 5 heteroatoms. The lowest BCUT2D eigenvalue weighted by atomic mass is 10.4. The van der Waals surface area contributed by atoms with Crippen LogP contribution >= 0.6 is 0 Å². The Kier molecular flexibility index (Phi) is 4.40. The third-order valence-electron chi connectivity index (χ3n) is 1.69. The molecule has 0 saturated heterocycles. The van der Waals surface area contributed by atoms with E-state index in [9.17, 15) is 4.79 Å². The summed E-state index contributed by atoms with van der Waals surface area (Å²) in [5.41, 5.74) is 5.01. The summed E-state index contributed by atoms with van der Waals surface area (Å²) in [5, 5.41) is 2.98. The minimum Gasteiger partial charge on any atom is -0.478 e. The molecule has 1 heterocycles. The van der Waals surface area contributed by atoms with Gasteiger partial charge in [-0.05, 0) is 13.0 Å². The zero-order chi connectivity index (χ0) is 11.1. The van der Waals surface area contributed by atoms with Crippen molar-refractivity contribution in [2.75, 3.05) is 18.5 Å². The Morgan fingerprint density at radius 3 is 3.07 bits per heavy atom. The zero-order valence-electron chi connectivity index (χ0n) is 8.69. The second kappa shape index (κ2) is 5.85. The van der Waals surface area contributed by atoms with E-state index >= 15 is 0 Å². The molecule has 3 N–H and O–H groups in total. The second-order valence-corrected chi connectivity index (χ2v) is 2.94. The average molecular weight is 209 g/mol. The number of hydrogen-bond donors (Lipinski definition) is 2. The Bertz CT molecular complexity index is 328. The summed E-state index contributed by atoms with van der Waals surface area (Å²) in [6.07, 6.45) is 0.292. The van der Waals surface area contributed by atoms with Gasteiger partial charge in [-0.25, -0.2) is 0 Å². The van der Waals surface area contributed by atoms with Gasteiger partial charge < -0.3 is 15.8 Å². The molecule has 0 atom stereocenters. The summed E-state index contributed by atoms with van der Waals surface area (Å²) in [7, 11) is 0. The van der Waals surface area contributed by atoms with Gasteiger partial charge in [-0.1, -0.05) is 6.07 Å². The molecule has 1 aromatic rings. The largest absolute Gasteiger partial charge is 0.478 e. The van der Waals surface area contributed by atoms with Gasteiger partial charge in [-0.15, -0.1) is 0 Å². The number of amides is 1. The van der Waals surface area contributed by atoms with Crippen LogP contribution in [0.4, 0.5) is 5.82 Å². The number of nitrogens with one attached hydrogen (secondary N) is 1. The smallest absolute Gasteiger partial charge is 0.219 e. The average Bonchev–Trinajstić information content (AvgIpc) is 2.18. The van der Waals surface area contributed by atoms with Crippen LogP contribution in [0.25, 0.3) is 0 Å². The third-order valence-corrected chi connectivity index (χ3v) is 1.69. The number of nitrogens with two attached hydrogens (primary N) is 1. The van der Waals surface area contributed by atoms with Crippen LogP contribution in [0.2, 0.25) is 0 Å². The number of primary amides is 1. The molecule has 1 aromatic heterocycles. The van der Waals surface area contributed by atoms with E-state index in [1.807, 2.05) is 19.1 Å². The highest BCUT2D eigenvalue weighted by molar-refractivity contribution is 5.74. The van der Waals surface area contributed by atoms with Crippen molar-refractivity contribution >= 4 is 11.7 Å². The fourth-order valence-electron chi connectivity index (χ4n) is 1.06. The van der Waals surface area contributed by atoms with E-state index in [0.29, 0.717) is 31.3 Å². The van der Waals surface area contributed by atoms with Crippen molar-refractivity contribution in [2.24, 2.45) is 5.73 Å². The maximum atomic E-state index is 10.5. The van der Waals surface area contributed by atoms with Crippen molar-refractivity contribution in [3.05, 3.63) is 18.2 Å². The molecule has 0 saturated carbocycles. The van der Waals surface area contributed by atoms with Gasteiger partial charge in [0.15, 0.2) is 0 Å². The number of carbonyl (C=O) groups excluding carboxylic acids is 1. The Hall–Kier alpha value is -1.78. The Morgan fingerprint density at radius 1 is 1.60 bits per heavy atom. The number of aromatic nitrogens is 1. The second-order valence-electron chi connectivity index (χ2n) is 2.94. The first-order valence-corrected chi connectivity index (χ1v) is 4.84. The van der Waals surface area contributed by atoms with Crippen LogP contribution in [-0.2, 0) is 4.79 Å². The van der Waals surface area contributed by atoms with Crippen LogP contribution in [0.15, 0.2) is 18.2 Å². The van der Waals surface area contributed by atoms with Crippen molar-refractivity contribution in [2.45, 2.75) is 13.3 Å². The highest BCUT2D eigenvalue weighted by atomic mass is 16.5. The Balaban J connectivity index is 2.46. The zero-order valence-corrected chi connectivity index (χ0v) is 8.69. The van der Waals surface area contributed by atoms with Crippen LogP contribution in [0.5, 0.6) is 5.88 Å². The monoisotopic (exact) mass is 209 g/mol. The molecule has 0 aromatic carbocycles. The van der Waals surface area contributed by atoms with Gasteiger partial charge in [0.1, 0.15) is 5.82 Å². The number of pyridine rings is 1. The van der Waals surface area contributed by atoms with E-state index in [-0.39, 0.29) is 5.91 Å². The Morgan fingerprint density at radius 2 is 2.40 bits per heavy atom. The molecule has 0 fully saturated rings. The molecule has 0 unspecified atom stereocenters. The lowest BCUT2D eigenvalue weighted by Gasteiger charge is -2.06. The predicted octanol–water partition coefficient (Wildman–Crippen LogP) is 0.768. The summed E-state index contributed by atoms with van der Waals surface area (Å²) >= 11 is 0. The Labute approximate surface area is 88.6 Å². The minimum atomic E-state index is -0.330. The topological polar surface area (TPSA) is 77.2 Å². The van der Waals surface area contributed by atoms with Gasteiger partial charge in [0.2, 0.25) is 11.8 Å². The highest BCUT2D eigenvalue weighted by Gasteiger charge is 1.98. The van der Waals surface area contributed by atoms with Crippen LogP contribution in [0.3, 0.4) is 0 Å².